The van der Waals surface area contributed by atoms with Gasteiger partial charge in [-0.3, -0.25) is 9.59 Å². The zero-order chi connectivity index (χ0) is 17.1. The fourth-order valence-electron chi connectivity index (χ4n) is 3.31. The van der Waals surface area contributed by atoms with Crippen LogP contribution in [0.3, 0.4) is 0 Å². The molecule has 2 aromatic rings. The number of aromatic nitrogens is 1. The Morgan fingerprint density at radius 3 is 2.67 bits per heavy atom. The molecule has 0 radical (unpaired) electrons. The van der Waals surface area contributed by atoms with Gasteiger partial charge in [0, 0.05) is 22.7 Å². The first-order valence-corrected chi connectivity index (χ1v) is 9.45. The van der Waals surface area contributed by atoms with E-state index in [4.69, 9.17) is 0 Å². The topological polar surface area (TPSA) is 62.0 Å². The van der Waals surface area contributed by atoms with Gasteiger partial charge in [0.2, 0.25) is 0 Å². The van der Waals surface area contributed by atoms with E-state index in [-0.39, 0.29) is 18.0 Å². The van der Waals surface area contributed by atoms with Gasteiger partial charge in [-0.2, -0.15) is 0 Å². The first kappa shape index (κ1) is 17.0. The maximum absolute atomic E-state index is 12.5. The van der Waals surface area contributed by atoms with Gasteiger partial charge in [-0.25, -0.2) is 0 Å². The van der Waals surface area contributed by atoms with Gasteiger partial charge in [0.05, 0.1) is 4.88 Å². The Bertz CT molecular complexity index is 779. The molecule has 2 N–H and O–H groups in total. The highest BCUT2D eigenvalue weighted by molar-refractivity contribution is 7.14. The molecule has 5 heteroatoms. The molecule has 0 atom stereocenters. The Balaban J connectivity index is 1.72. The number of hydrogen-bond donors (Lipinski definition) is 2. The van der Waals surface area contributed by atoms with Crippen molar-refractivity contribution in [1.29, 1.82) is 0 Å². The predicted octanol–water partition coefficient (Wildman–Crippen LogP) is 3.64. The number of carbonyl (C=O) groups is 1. The first-order chi connectivity index (χ1) is 11.5. The predicted molar refractivity (Wildman–Crippen MR) is 97.9 cm³/mol. The fourth-order valence-corrected chi connectivity index (χ4v) is 4.48. The number of H-pyrrole nitrogens is 1. The van der Waals surface area contributed by atoms with Crippen LogP contribution in [0.5, 0.6) is 0 Å². The number of aryl methyl sites for hydroxylation is 4. The van der Waals surface area contributed by atoms with Gasteiger partial charge in [-0.1, -0.05) is 12.8 Å². The number of nitrogens with one attached hydrogen (secondary N) is 2. The molecule has 24 heavy (non-hydrogen) atoms. The van der Waals surface area contributed by atoms with E-state index in [0.717, 1.165) is 29.0 Å². The van der Waals surface area contributed by atoms with Crippen molar-refractivity contribution in [3.05, 3.63) is 54.6 Å². The number of amides is 1. The maximum Gasteiger partial charge on any atom is 0.261 e. The molecule has 0 spiro atoms. The van der Waals surface area contributed by atoms with Crippen LogP contribution in [0.2, 0.25) is 0 Å². The van der Waals surface area contributed by atoms with E-state index in [9.17, 15) is 9.59 Å². The van der Waals surface area contributed by atoms with Crippen molar-refractivity contribution >= 4 is 17.2 Å². The Morgan fingerprint density at radius 2 is 1.92 bits per heavy atom. The Morgan fingerprint density at radius 1 is 1.17 bits per heavy atom. The van der Waals surface area contributed by atoms with Crippen LogP contribution >= 0.6 is 11.3 Å². The van der Waals surface area contributed by atoms with E-state index >= 15 is 0 Å². The minimum absolute atomic E-state index is 0.0777. The molecule has 0 bridgehead atoms. The van der Waals surface area contributed by atoms with Crippen molar-refractivity contribution in [1.82, 2.24) is 10.3 Å². The summed E-state index contributed by atoms with van der Waals surface area (Å²) in [6, 6.07) is 3.98. The third kappa shape index (κ3) is 3.78. The molecule has 4 nitrogen and oxygen atoms in total. The number of fused-ring (bicyclic) bond motifs is 1. The van der Waals surface area contributed by atoms with Gasteiger partial charge >= 0.3 is 0 Å². The van der Waals surface area contributed by atoms with Crippen LogP contribution < -0.4 is 10.9 Å². The summed E-state index contributed by atoms with van der Waals surface area (Å²) in [4.78, 5) is 29.4. The number of thiophene rings is 1. The van der Waals surface area contributed by atoms with Crippen LogP contribution in [-0.4, -0.2) is 10.9 Å². The minimum atomic E-state index is -0.119. The van der Waals surface area contributed by atoms with Crippen LogP contribution in [0.4, 0.5) is 0 Å². The van der Waals surface area contributed by atoms with Gasteiger partial charge in [0.25, 0.3) is 11.5 Å². The van der Waals surface area contributed by atoms with Crippen molar-refractivity contribution in [3.63, 3.8) is 0 Å². The molecule has 0 unspecified atom stereocenters. The largest absolute Gasteiger partial charge is 0.347 e. The average molecular weight is 344 g/mol. The van der Waals surface area contributed by atoms with Gasteiger partial charge in [-0.15, -0.1) is 11.3 Å². The summed E-state index contributed by atoms with van der Waals surface area (Å²) in [6.45, 7) is 4.03. The van der Waals surface area contributed by atoms with Crippen molar-refractivity contribution in [3.8, 4) is 0 Å². The third-order valence-corrected chi connectivity index (χ3v) is 5.88. The first-order valence-electron chi connectivity index (χ1n) is 8.64. The van der Waals surface area contributed by atoms with Crippen LogP contribution in [0.15, 0.2) is 16.9 Å². The van der Waals surface area contributed by atoms with Crippen LogP contribution in [-0.2, 0) is 19.4 Å². The van der Waals surface area contributed by atoms with E-state index in [2.05, 4.69) is 10.3 Å². The van der Waals surface area contributed by atoms with Gasteiger partial charge in [0.15, 0.2) is 0 Å². The quantitative estimate of drug-likeness (QED) is 0.893. The van der Waals surface area contributed by atoms with Gasteiger partial charge < -0.3 is 10.3 Å². The molecular weight excluding hydrogens is 320 g/mol. The highest BCUT2D eigenvalue weighted by Gasteiger charge is 2.16. The smallest absolute Gasteiger partial charge is 0.261 e. The molecule has 1 aliphatic rings. The van der Waals surface area contributed by atoms with Crippen LogP contribution in [0, 0.1) is 13.8 Å². The molecule has 0 saturated carbocycles. The molecule has 128 valence electrons. The summed E-state index contributed by atoms with van der Waals surface area (Å²) >= 11 is 1.61. The molecule has 2 heterocycles. The highest BCUT2D eigenvalue weighted by atomic mass is 32.1. The molecule has 1 aliphatic carbocycles. The number of rotatable bonds is 3. The van der Waals surface area contributed by atoms with Crippen molar-refractivity contribution in [2.24, 2.45) is 0 Å². The summed E-state index contributed by atoms with van der Waals surface area (Å²) in [6.07, 6.45) is 7.16. The molecule has 1 amide bonds. The van der Waals surface area contributed by atoms with Crippen molar-refractivity contribution in [2.45, 2.75) is 58.9 Å². The number of carbonyl (C=O) groups excluding carboxylic acids is 1. The van der Waals surface area contributed by atoms with Crippen LogP contribution in [0.25, 0.3) is 0 Å². The minimum Gasteiger partial charge on any atom is -0.347 e. The second-order valence-corrected chi connectivity index (χ2v) is 7.74. The van der Waals surface area contributed by atoms with E-state index in [1.54, 1.807) is 11.3 Å². The summed E-state index contributed by atoms with van der Waals surface area (Å²) in [5.74, 6) is -0.0777. The molecule has 2 aromatic heterocycles. The molecular formula is C19H24N2O2S. The molecule has 3 rings (SSSR count). The highest BCUT2D eigenvalue weighted by Crippen LogP contribution is 2.28. The Hall–Kier alpha value is -1.88. The Kier molecular flexibility index (Phi) is 5.19. The maximum atomic E-state index is 12.5. The lowest BCUT2D eigenvalue weighted by molar-refractivity contribution is 0.0954. The lowest BCUT2D eigenvalue weighted by Crippen LogP contribution is -2.27. The second-order valence-electron chi connectivity index (χ2n) is 6.60. The van der Waals surface area contributed by atoms with E-state index in [0.29, 0.717) is 5.56 Å². The summed E-state index contributed by atoms with van der Waals surface area (Å²) in [5.41, 5.74) is 3.60. The average Bonchev–Trinajstić information content (AvgIpc) is 2.88. The number of aromatic amines is 1. The van der Waals surface area contributed by atoms with Gasteiger partial charge in [-0.05, 0) is 62.8 Å². The molecule has 0 aromatic carbocycles. The number of hydrogen-bond acceptors (Lipinski definition) is 3. The molecule has 0 fully saturated rings. The zero-order valence-electron chi connectivity index (χ0n) is 14.3. The van der Waals surface area contributed by atoms with Crippen LogP contribution in [0.1, 0.15) is 62.6 Å². The zero-order valence-corrected chi connectivity index (χ0v) is 15.1. The third-order valence-electron chi connectivity index (χ3n) is 4.64. The second kappa shape index (κ2) is 7.34. The van der Waals surface area contributed by atoms with E-state index in [1.165, 1.54) is 36.1 Å². The fraction of sp³-hybridized carbons (Fsp3) is 0.474. The lowest BCUT2D eigenvalue weighted by Gasteiger charge is -2.07. The van der Waals surface area contributed by atoms with Crippen molar-refractivity contribution < 1.29 is 4.79 Å². The lowest BCUT2D eigenvalue weighted by atomic mass is 10.00. The molecule has 0 aliphatic heterocycles. The van der Waals surface area contributed by atoms with Gasteiger partial charge in [0.1, 0.15) is 0 Å². The summed E-state index contributed by atoms with van der Waals surface area (Å²) in [5, 5.41) is 2.91. The monoisotopic (exact) mass is 344 g/mol. The SMILES string of the molecule is Cc1cc(C)c(CNC(=O)c2cc3c(s2)CCCCCC3)c(=O)[nH]1. The van der Waals surface area contributed by atoms with E-state index in [1.807, 2.05) is 26.0 Å². The standard InChI is InChI=1S/C19H24N2O2S/c1-12-9-13(2)21-18(22)15(12)11-20-19(23)17-10-14-7-5-3-4-6-8-16(14)24-17/h9-10H,3-8,11H2,1-2H3,(H,20,23)(H,21,22). The van der Waals surface area contributed by atoms with Crippen molar-refractivity contribution in [2.75, 3.05) is 0 Å². The summed E-state index contributed by atoms with van der Waals surface area (Å²) in [7, 11) is 0. The normalized spacial score (nSPS) is 14.6. The molecule has 0 saturated heterocycles. The van der Waals surface area contributed by atoms with E-state index < -0.39 is 0 Å². The summed E-state index contributed by atoms with van der Waals surface area (Å²) < 4.78 is 0. The Labute approximate surface area is 146 Å². The number of pyridine rings is 1.